The molecule has 0 N–H and O–H groups in total. The molecule has 2 saturated heterocycles. The van der Waals surface area contributed by atoms with E-state index in [2.05, 4.69) is 0 Å². The van der Waals surface area contributed by atoms with Crippen molar-refractivity contribution in [2.45, 2.75) is 89.8 Å². The normalized spacial score (nSPS) is 25.9. The Bertz CT molecular complexity index is 1190. The molecule has 2 aromatic carbocycles. The summed E-state index contributed by atoms with van der Waals surface area (Å²) in [6.07, 6.45) is 1.29. The average Bonchev–Trinajstić information content (AvgIpc) is 3.50. The Morgan fingerprint density at radius 1 is 1.16 bits per heavy atom. The molecular weight excluding hydrogens is 496 g/mol. The van der Waals surface area contributed by atoms with E-state index >= 15 is 4.39 Å². The van der Waals surface area contributed by atoms with Crippen molar-refractivity contribution in [1.82, 2.24) is 4.90 Å². The third kappa shape index (κ3) is 4.31. The molecule has 3 heterocycles. The standard InChI is InChI=1S/C28H34BClFNO5/c1-17(2)34-25(33)32-14-10-13-22(32)28(18-11-8-7-9-12-18)16-19-21(35-28)15-20(31)24(30)23(19)29-36-26(3,4)27(5,6)37-29/h7-9,11-12,15,17,22H,10,13-14,16H2,1-6H3. The average molecular weight is 530 g/mol. The van der Waals surface area contributed by atoms with Gasteiger partial charge in [-0.15, -0.1) is 0 Å². The van der Waals surface area contributed by atoms with Gasteiger partial charge < -0.3 is 23.7 Å². The van der Waals surface area contributed by atoms with Crippen LogP contribution in [0.3, 0.4) is 0 Å². The van der Waals surface area contributed by atoms with E-state index in [1.165, 1.54) is 6.07 Å². The van der Waals surface area contributed by atoms with E-state index in [1.807, 2.05) is 71.9 Å². The lowest BCUT2D eigenvalue weighted by atomic mass is 9.72. The number of ether oxygens (including phenoxy) is 2. The Labute approximate surface area is 223 Å². The fourth-order valence-electron chi connectivity index (χ4n) is 5.63. The molecule has 2 unspecified atom stereocenters. The minimum atomic E-state index is -0.953. The first-order valence-electron chi connectivity index (χ1n) is 12.9. The molecule has 5 rings (SSSR count). The molecule has 0 aliphatic carbocycles. The fourth-order valence-corrected chi connectivity index (χ4v) is 5.89. The van der Waals surface area contributed by atoms with Crippen LogP contribution >= 0.6 is 11.6 Å². The molecule has 37 heavy (non-hydrogen) atoms. The molecule has 0 aromatic heterocycles. The second kappa shape index (κ2) is 9.17. The van der Waals surface area contributed by atoms with E-state index in [0.29, 0.717) is 24.2 Å². The van der Waals surface area contributed by atoms with Gasteiger partial charge in [0.2, 0.25) is 0 Å². The van der Waals surface area contributed by atoms with Crippen LogP contribution in [-0.4, -0.2) is 48.0 Å². The van der Waals surface area contributed by atoms with Gasteiger partial charge in [-0.25, -0.2) is 9.18 Å². The molecule has 198 valence electrons. The molecule has 0 bridgehead atoms. The van der Waals surface area contributed by atoms with Gasteiger partial charge in [0.05, 0.1) is 28.4 Å². The lowest BCUT2D eigenvalue weighted by Gasteiger charge is -2.40. The number of nitrogens with zero attached hydrogens (tertiary/aromatic N) is 1. The molecule has 0 spiro atoms. The maximum absolute atomic E-state index is 15.2. The van der Waals surface area contributed by atoms with Gasteiger partial charge >= 0.3 is 13.2 Å². The minimum absolute atomic E-state index is 0.0350. The SMILES string of the molecule is CC(C)OC(=O)N1CCCC1C1(c2ccccc2)Cc2c(cc(F)c(Cl)c2B2OC(C)(C)C(C)(C)O2)O1. The Kier molecular flexibility index (Phi) is 6.53. The molecule has 2 aromatic rings. The molecule has 3 aliphatic heterocycles. The van der Waals surface area contributed by atoms with E-state index in [-0.39, 0.29) is 23.3 Å². The van der Waals surface area contributed by atoms with Crippen LogP contribution in [-0.2, 0) is 26.1 Å². The van der Waals surface area contributed by atoms with Gasteiger partial charge in [0, 0.05) is 30.1 Å². The van der Waals surface area contributed by atoms with Gasteiger partial charge in [-0.05, 0) is 59.9 Å². The molecule has 2 atom stereocenters. The Hall–Kier alpha value is -2.29. The van der Waals surface area contributed by atoms with Crippen LogP contribution in [0.2, 0.25) is 5.02 Å². The molecule has 2 fully saturated rings. The quantitative estimate of drug-likeness (QED) is 0.481. The van der Waals surface area contributed by atoms with Crippen molar-refractivity contribution in [3.8, 4) is 5.75 Å². The van der Waals surface area contributed by atoms with Gasteiger partial charge in [-0.3, -0.25) is 0 Å². The van der Waals surface area contributed by atoms with E-state index in [4.69, 9.17) is 30.4 Å². The summed E-state index contributed by atoms with van der Waals surface area (Å²) in [7, 11) is -0.859. The zero-order valence-electron chi connectivity index (χ0n) is 22.3. The predicted molar refractivity (Wildman–Crippen MR) is 141 cm³/mol. The molecule has 9 heteroatoms. The monoisotopic (exact) mass is 529 g/mol. The lowest BCUT2D eigenvalue weighted by Crippen LogP contribution is -2.53. The maximum atomic E-state index is 15.2. The van der Waals surface area contributed by atoms with Crippen LogP contribution in [0.4, 0.5) is 9.18 Å². The summed E-state index contributed by atoms with van der Waals surface area (Å²) in [5, 5.41) is -0.0350. The molecule has 0 saturated carbocycles. The van der Waals surface area contributed by atoms with E-state index in [9.17, 15) is 4.79 Å². The number of likely N-dealkylation sites (tertiary alicyclic amines) is 1. The van der Waals surface area contributed by atoms with Crippen molar-refractivity contribution in [3.05, 3.63) is 58.4 Å². The molecule has 1 amide bonds. The third-order valence-electron chi connectivity index (χ3n) is 8.17. The van der Waals surface area contributed by atoms with Gasteiger partial charge in [0.25, 0.3) is 0 Å². The zero-order valence-corrected chi connectivity index (χ0v) is 23.0. The largest absolute Gasteiger partial charge is 0.496 e. The summed E-state index contributed by atoms with van der Waals surface area (Å²) in [6, 6.07) is 10.8. The van der Waals surface area contributed by atoms with Gasteiger partial charge in [-0.1, -0.05) is 41.9 Å². The Morgan fingerprint density at radius 3 is 2.43 bits per heavy atom. The van der Waals surface area contributed by atoms with Crippen LogP contribution in [0.1, 0.15) is 65.5 Å². The third-order valence-corrected chi connectivity index (χ3v) is 8.56. The number of amides is 1. The molecule has 0 radical (unpaired) electrons. The smallest absolute Gasteiger partial charge is 0.480 e. The maximum Gasteiger partial charge on any atom is 0.496 e. The number of halogens is 2. The van der Waals surface area contributed by atoms with E-state index in [0.717, 1.165) is 24.0 Å². The molecular formula is C28H34BClFNO5. The summed E-state index contributed by atoms with van der Waals surface area (Å²) in [6.45, 7) is 12.0. The van der Waals surface area contributed by atoms with Crippen molar-refractivity contribution in [2.75, 3.05) is 6.54 Å². The highest BCUT2D eigenvalue weighted by Gasteiger charge is 2.57. The van der Waals surface area contributed by atoms with Crippen LogP contribution in [0.25, 0.3) is 0 Å². The first-order chi connectivity index (χ1) is 17.4. The lowest BCUT2D eigenvalue weighted by molar-refractivity contribution is -0.00545. The highest BCUT2D eigenvalue weighted by molar-refractivity contribution is 6.66. The van der Waals surface area contributed by atoms with Crippen molar-refractivity contribution < 1.29 is 28.0 Å². The van der Waals surface area contributed by atoms with Crippen LogP contribution in [0.5, 0.6) is 5.75 Å². The van der Waals surface area contributed by atoms with Crippen molar-refractivity contribution in [2.24, 2.45) is 0 Å². The van der Waals surface area contributed by atoms with Crippen LogP contribution in [0, 0.1) is 5.82 Å². The minimum Gasteiger partial charge on any atom is -0.480 e. The summed E-state index contributed by atoms with van der Waals surface area (Å²) in [5.74, 6) is -0.212. The second-order valence-electron chi connectivity index (χ2n) is 11.5. The molecule has 3 aliphatic rings. The number of rotatable bonds is 4. The molecule has 6 nitrogen and oxygen atoms in total. The van der Waals surface area contributed by atoms with Gasteiger partial charge in [-0.2, -0.15) is 0 Å². The summed E-state index contributed by atoms with van der Waals surface area (Å²) >= 11 is 6.60. The first-order valence-corrected chi connectivity index (χ1v) is 13.3. The predicted octanol–water partition coefficient (Wildman–Crippen LogP) is 5.62. The first kappa shape index (κ1) is 26.3. The van der Waals surface area contributed by atoms with Crippen LogP contribution < -0.4 is 10.2 Å². The number of fused-ring (bicyclic) bond motifs is 1. The summed E-state index contributed by atoms with van der Waals surface area (Å²) in [4.78, 5) is 14.9. The van der Waals surface area contributed by atoms with E-state index in [1.54, 1.807) is 4.90 Å². The number of hydrogen-bond donors (Lipinski definition) is 0. The second-order valence-corrected chi connectivity index (χ2v) is 11.8. The summed E-state index contributed by atoms with van der Waals surface area (Å²) < 4.78 is 40.2. The Balaban J connectivity index is 1.62. The van der Waals surface area contributed by atoms with Crippen molar-refractivity contribution >= 4 is 30.3 Å². The number of hydrogen-bond acceptors (Lipinski definition) is 5. The van der Waals surface area contributed by atoms with E-state index < -0.39 is 29.7 Å². The van der Waals surface area contributed by atoms with Gasteiger partial charge in [0.15, 0.2) is 5.60 Å². The highest BCUT2D eigenvalue weighted by Crippen LogP contribution is 2.49. The van der Waals surface area contributed by atoms with Gasteiger partial charge in [0.1, 0.15) is 11.6 Å². The fraction of sp³-hybridized carbons (Fsp3) is 0.536. The zero-order chi connectivity index (χ0) is 26.8. The van der Waals surface area contributed by atoms with Crippen molar-refractivity contribution in [1.29, 1.82) is 0 Å². The number of carbonyl (C=O) groups is 1. The highest BCUT2D eigenvalue weighted by atomic mass is 35.5. The van der Waals surface area contributed by atoms with Crippen molar-refractivity contribution in [3.63, 3.8) is 0 Å². The Morgan fingerprint density at radius 2 is 1.81 bits per heavy atom. The summed E-state index contributed by atoms with van der Waals surface area (Å²) in [5.41, 5.74) is -0.124. The van der Waals surface area contributed by atoms with Crippen LogP contribution in [0.15, 0.2) is 36.4 Å². The number of carbonyl (C=O) groups excluding carboxylic acids is 1. The topological polar surface area (TPSA) is 57.2 Å². The number of benzene rings is 2.